The second kappa shape index (κ2) is 12.0. The highest BCUT2D eigenvalue weighted by Gasteiger charge is 2.43. The van der Waals surface area contributed by atoms with Gasteiger partial charge < -0.3 is 0 Å². The summed E-state index contributed by atoms with van der Waals surface area (Å²) in [4.78, 5) is 0. The molecule has 0 unspecified atom stereocenters. The minimum atomic E-state index is -2.62. The summed E-state index contributed by atoms with van der Waals surface area (Å²) in [6.07, 6.45) is 0. The van der Waals surface area contributed by atoms with Gasteiger partial charge in [-0.1, -0.05) is 0 Å². The van der Waals surface area contributed by atoms with E-state index < -0.39 is 30.0 Å². The molecule has 0 amide bonds. The first-order valence-corrected chi connectivity index (χ1v) is 18.0. The van der Waals surface area contributed by atoms with Gasteiger partial charge in [0.15, 0.2) is 0 Å². The lowest BCUT2D eigenvalue weighted by molar-refractivity contribution is 0.550. The van der Waals surface area contributed by atoms with E-state index in [0.717, 1.165) is 0 Å². The van der Waals surface area contributed by atoms with Gasteiger partial charge in [-0.15, -0.1) is 0 Å². The van der Waals surface area contributed by atoms with E-state index in [2.05, 4.69) is 150 Å². The minimum absolute atomic E-state index is 0.183. The molecule has 0 bridgehead atoms. The first-order valence-electron chi connectivity index (χ1n) is 11.5. The highest BCUT2D eigenvalue weighted by molar-refractivity contribution is 7.83. The van der Waals surface area contributed by atoms with E-state index in [1.165, 1.54) is 0 Å². The summed E-state index contributed by atoms with van der Waals surface area (Å²) in [6.45, 7) is 8.60. The second-order valence-electron chi connectivity index (χ2n) is 10.2. The molecule has 2 atom stereocenters. The van der Waals surface area contributed by atoms with Crippen molar-refractivity contribution >= 4 is 30.0 Å². The van der Waals surface area contributed by atoms with E-state index in [4.69, 9.17) is 18.1 Å². The van der Waals surface area contributed by atoms with Crippen LogP contribution in [0, 0.1) is 0 Å². The minimum Gasteiger partial charge on any atom is -0.251 e. The summed E-state index contributed by atoms with van der Waals surface area (Å²) < 4.78 is 35.9. The first-order chi connectivity index (χ1) is 15.3. The Labute approximate surface area is 210 Å². The smallest absolute Gasteiger partial charge is 0.220 e. The number of nitrogens with one attached hydrogen (secondary N) is 2. The molecule has 0 aromatic heterocycles. The number of hydrogen-bond acceptors (Lipinski definition) is 12. The van der Waals surface area contributed by atoms with Gasteiger partial charge in [0.1, 0.15) is 0 Å². The Balaban J connectivity index is 4.67. The zero-order chi connectivity index (χ0) is 26.9. The topological polar surface area (TPSA) is 92.9 Å². The van der Waals surface area contributed by atoms with Gasteiger partial charge in [-0.2, -0.15) is 18.1 Å². The molecule has 1 aliphatic rings. The maximum absolute atomic E-state index is 5.71. The van der Waals surface area contributed by atoms with Crippen LogP contribution in [0.15, 0.2) is 18.1 Å². The predicted octanol–water partition coefficient (Wildman–Crippen LogP) is 5.15. The molecule has 34 heavy (non-hydrogen) atoms. The van der Waals surface area contributed by atoms with Crippen LogP contribution in [0.5, 0.6) is 0 Å². The lowest BCUT2D eigenvalue weighted by Gasteiger charge is -2.45. The fourth-order valence-electron chi connectivity index (χ4n) is 3.44. The third kappa shape index (κ3) is 6.53. The van der Waals surface area contributed by atoms with Crippen molar-refractivity contribution in [2.75, 3.05) is 84.6 Å². The summed E-state index contributed by atoms with van der Waals surface area (Å²) in [5.41, 5.74) is 0. The van der Waals surface area contributed by atoms with Crippen molar-refractivity contribution in [1.82, 2.24) is 38.2 Å². The molecule has 0 saturated carbocycles. The van der Waals surface area contributed by atoms with Gasteiger partial charge in [-0.3, -0.25) is 10.2 Å². The standard InChI is InChI=1S/C18H52N12P4/c1-17(2)19-31(25(5)6)21-33(27(9)10,28(11)12)23-32(26(7)8,20-18(3)4)24-34(22-31,29(13)14)30(15)16/h17-20H,1-16H3/t31-,32-. The Morgan fingerprint density at radius 2 is 0.647 bits per heavy atom. The highest BCUT2D eigenvalue weighted by Crippen LogP contribution is 2.79. The van der Waals surface area contributed by atoms with Crippen LogP contribution in [-0.2, 0) is 0 Å². The Kier molecular flexibility index (Phi) is 11.5. The molecule has 12 nitrogen and oxygen atoms in total. The fourth-order valence-corrected chi connectivity index (χ4v) is 22.4. The van der Waals surface area contributed by atoms with Crippen LogP contribution >= 0.6 is 30.0 Å². The van der Waals surface area contributed by atoms with Crippen LogP contribution in [0.2, 0.25) is 0 Å². The zero-order valence-corrected chi connectivity index (χ0v) is 28.0. The highest BCUT2D eigenvalue weighted by atomic mass is 31.3. The van der Waals surface area contributed by atoms with Gasteiger partial charge in [0.05, 0.1) is 0 Å². The lowest BCUT2D eigenvalue weighted by Crippen LogP contribution is -2.32. The molecule has 204 valence electrons. The number of hydrogen-bond donors (Lipinski definition) is 2. The van der Waals surface area contributed by atoms with E-state index in [-0.39, 0.29) is 12.1 Å². The van der Waals surface area contributed by atoms with E-state index in [0.29, 0.717) is 0 Å². The Morgan fingerprint density at radius 1 is 0.412 bits per heavy atom. The molecule has 0 saturated heterocycles. The molecule has 1 aliphatic heterocycles. The predicted molar refractivity (Wildman–Crippen MR) is 156 cm³/mol. The zero-order valence-electron chi connectivity index (χ0n) is 24.4. The number of rotatable bonds is 10. The van der Waals surface area contributed by atoms with Crippen LogP contribution in [0.4, 0.5) is 0 Å². The second-order valence-corrected chi connectivity index (χ2v) is 22.8. The molecular formula is C18H52N12P4. The summed E-state index contributed by atoms with van der Waals surface area (Å²) in [7, 11) is 14.4. The van der Waals surface area contributed by atoms with Gasteiger partial charge in [-0.05, 0) is 112 Å². The molecule has 2 N–H and O–H groups in total. The Bertz CT molecular complexity index is 820. The molecule has 0 radical (unpaired) electrons. The van der Waals surface area contributed by atoms with Crippen LogP contribution in [0.3, 0.4) is 0 Å². The van der Waals surface area contributed by atoms with Crippen molar-refractivity contribution in [3.63, 3.8) is 0 Å². The summed E-state index contributed by atoms with van der Waals surface area (Å²) >= 11 is 0. The van der Waals surface area contributed by atoms with Crippen molar-refractivity contribution in [2.24, 2.45) is 18.1 Å². The molecule has 0 aliphatic carbocycles. The molecule has 1 heterocycles. The monoisotopic (exact) mass is 560 g/mol. The van der Waals surface area contributed by atoms with Crippen molar-refractivity contribution in [2.45, 2.75) is 39.8 Å². The lowest BCUT2D eigenvalue weighted by atomic mass is 10.4. The molecule has 1 rings (SSSR count). The van der Waals surface area contributed by atoms with E-state index >= 15 is 0 Å². The first kappa shape index (κ1) is 32.6. The van der Waals surface area contributed by atoms with Gasteiger partial charge in [0, 0.05) is 12.1 Å². The van der Waals surface area contributed by atoms with Gasteiger partial charge >= 0.3 is 0 Å². The average Bonchev–Trinajstić information content (AvgIpc) is 2.62. The van der Waals surface area contributed by atoms with Crippen molar-refractivity contribution in [3.8, 4) is 0 Å². The van der Waals surface area contributed by atoms with Gasteiger partial charge in [0.25, 0.3) is 0 Å². The van der Waals surface area contributed by atoms with Crippen molar-refractivity contribution in [1.29, 1.82) is 0 Å². The molecule has 0 aromatic carbocycles. The van der Waals surface area contributed by atoms with Crippen LogP contribution in [0.25, 0.3) is 0 Å². The molecule has 0 spiro atoms. The Morgan fingerprint density at radius 3 is 0.794 bits per heavy atom. The fraction of sp³-hybridized carbons (Fsp3) is 1.00. The van der Waals surface area contributed by atoms with Gasteiger partial charge in [0.2, 0.25) is 30.0 Å². The summed E-state index contributed by atoms with van der Waals surface area (Å²) in [5, 5.41) is 7.60. The largest absolute Gasteiger partial charge is 0.251 e. The van der Waals surface area contributed by atoms with Gasteiger partial charge in [-0.25, -0.2) is 28.0 Å². The van der Waals surface area contributed by atoms with Crippen molar-refractivity contribution < 1.29 is 0 Å². The quantitative estimate of drug-likeness (QED) is 0.355. The number of nitrogens with zero attached hydrogens (tertiary/aromatic N) is 10. The molecular weight excluding hydrogens is 508 g/mol. The maximum Gasteiger partial charge on any atom is 0.220 e. The maximum atomic E-state index is 5.71. The summed E-state index contributed by atoms with van der Waals surface area (Å²) in [5.74, 6) is 0. The molecule has 16 heteroatoms. The van der Waals surface area contributed by atoms with E-state index in [1.54, 1.807) is 0 Å². The Hall–Kier alpha value is 0.600. The van der Waals surface area contributed by atoms with E-state index in [1.807, 2.05) is 0 Å². The normalized spacial score (nSPS) is 27.3. The average molecular weight is 561 g/mol. The SMILES string of the molecule is CC(C)N[P@@]1(N(C)C)=NP(N(C)C)(N(C)C)=N[P@@](NC(C)C)(N(C)C)=NP(N(C)C)(N(C)C)=N1. The third-order valence-electron chi connectivity index (χ3n) is 5.10. The van der Waals surface area contributed by atoms with Crippen LogP contribution in [-0.4, -0.2) is 125 Å². The third-order valence-corrected chi connectivity index (χ3v) is 21.2. The van der Waals surface area contributed by atoms with E-state index in [9.17, 15) is 0 Å². The molecule has 0 fully saturated rings. The summed E-state index contributed by atoms with van der Waals surface area (Å²) in [6, 6.07) is 0.365. The van der Waals surface area contributed by atoms with Crippen molar-refractivity contribution in [3.05, 3.63) is 0 Å². The van der Waals surface area contributed by atoms with Crippen LogP contribution in [0.1, 0.15) is 27.7 Å². The molecule has 0 aromatic rings. The van der Waals surface area contributed by atoms with Crippen LogP contribution < -0.4 is 10.2 Å².